The number of nitrogens with two attached hydrogens (primary N) is 1. The third-order valence-electron chi connectivity index (χ3n) is 11.6. The third-order valence-corrected chi connectivity index (χ3v) is 11.8. The maximum absolute atomic E-state index is 13.4. The molecule has 0 radical (unpaired) electrons. The lowest BCUT2D eigenvalue weighted by atomic mass is 10.0. The van der Waals surface area contributed by atoms with E-state index < -0.39 is 35.1 Å². The topological polar surface area (TPSA) is 218 Å². The first-order valence-corrected chi connectivity index (χ1v) is 22.3. The summed E-state index contributed by atoms with van der Waals surface area (Å²) in [5.74, 6) is -1.74. The highest BCUT2D eigenvalue weighted by molar-refractivity contribution is 7.59. The summed E-state index contributed by atoms with van der Waals surface area (Å²) in [7, 11) is 7.87. The van der Waals surface area contributed by atoms with E-state index in [2.05, 4.69) is 61.2 Å². The highest BCUT2D eigenvalue weighted by Crippen LogP contribution is 2.42. The largest absolute Gasteiger partial charge is 0.451 e. The normalized spacial score (nSPS) is 15.0. The molecule has 0 fully saturated rings. The Morgan fingerprint density at radius 2 is 1.11 bits per heavy atom. The zero-order valence-electron chi connectivity index (χ0n) is 41.1. The first-order chi connectivity index (χ1) is 33.3. The van der Waals surface area contributed by atoms with E-state index in [0.29, 0.717) is 36.0 Å². The number of fused-ring (bicyclic) bond motifs is 2. The van der Waals surface area contributed by atoms with Crippen molar-refractivity contribution in [2.24, 2.45) is 0 Å². The number of rotatable bonds is 10. The summed E-state index contributed by atoms with van der Waals surface area (Å²) in [6, 6.07) is 21.5. The van der Waals surface area contributed by atoms with Crippen molar-refractivity contribution in [3.63, 3.8) is 0 Å². The van der Waals surface area contributed by atoms with Crippen LogP contribution in [0.2, 0.25) is 5.15 Å². The number of carbonyl (C=O) groups is 2. The molecule has 0 spiro atoms. The minimum atomic E-state index is -4.66. The molecule has 0 bridgehead atoms. The highest BCUT2D eigenvalue weighted by atomic mass is 35.5. The number of nitrogen functional groups attached to an aromatic ring is 1. The number of aromatic nitrogens is 8. The van der Waals surface area contributed by atoms with Crippen LogP contribution in [0.25, 0.3) is 0 Å². The van der Waals surface area contributed by atoms with Crippen molar-refractivity contribution >= 4 is 68.1 Å². The lowest BCUT2D eigenvalue weighted by molar-refractivity contribution is -0.145. The summed E-state index contributed by atoms with van der Waals surface area (Å²) in [6.07, 6.45) is -7.20. The van der Waals surface area contributed by atoms with Crippen molar-refractivity contribution in [3.05, 3.63) is 136 Å². The van der Waals surface area contributed by atoms with Crippen LogP contribution in [-0.4, -0.2) is 113 Å². The van der Waals surface area contributed by atoms with E-state index in [4.69, 9.17) is 17.3 Å². The van der Waals surface area contributed by atoms with Gasteiger partial charge in [0, 0.05) is 36.6 Å². The van der Waals surface area contributed by atoms with Gasteiger partial charge < -0.3 is 41.3 Å². The summed E-state index contributed by atoms with van der Waals surface area (Å²) in [4.78, 5) is 46.8. The first-order valence-electron chi connectivity index (χ1n) is 22.0. The molecular weight excluding hydrogens is 1020 g/mol. The van der Waals surface area contributed by atoms with Crippen LogP contribution in [0.3, 0.4) is 0 Å². The number of urea groups is 2. The summed E-state index contributed by atoms with van der Waals surface area (Å²) in [5, 5.41) is 23.1. The molecule has 0 saturated carbocycles. The van der Waals surface area contributed by atoms with Gasteiger partial charge in [-0.2, -0.15) is 63.5 Å². The van der Waals surface area contributed by atoms with E-state index in [1.807, 2.05) is 121 Å². The minimum Gasteiger partial charge on any atom is -0.382 e. The van der Waals surface area contributed by atoms with E-state index in [1.54, 1.807) is 9.80 Å². The van der Waals surface area contributed by atoms with Crippen molar-refractivity contribution in [1.82, 2.24) is 70.6 Å². The fraction of sp³-hybridized carbons (Fsp3) is 0.391. The van der Waals surface area contributed by atoms with Crippen LogP contribution in [0.15, 0.2) is 85.2 Å². The maximum atomic E-state index is 13.4. The van der Waals surface area contributed by atoms with Crippen LogP contribution in [-0.2, 0) is 36.5 Å². The van der Waals surface area contributed by atoms with Crippen molar-refractivity contribution in [2.45, 2.75) is 76.3 Å². The van der Waals surface area contributed by atoms with Gasteiger partial charge in [-0.25, -0.2) is 29.5 Å². The first kappa shape index (κ1) is 59.2. The number of halogens is 7. The molecule has 7 N–H and O–H groups in total. The smallest absolute Gasteiger partial charge is 0.382 e. The molecule has 2 aliphatic heterocycles. The number of likely N-dealkylation sites (N-methyl/N-ethyl adjacent to an activating group) is 2. The van der Waals surface area contributed by atoms with Gasteiger partial charge in [0.2, 0.25) is 11.6 Å². The molecule has 2 atom stereocenters. The second kappa shape index (κ2) is 24.1. The Labute approximate surface area is 437 Å². The lowest BCUT2D eigenvalue weighted by Crippen LogP contribution is -2.48. The van der Waals surface area contributed by atoms with Gasteiger partial charge in [0.1, 0.15) is 11.0 Å². The Morgan fingerprint density at radius 1 is 0.685 bits per heavy atom. The van der Waals surface area contributed by atoms with Gasteiger partial charge in [-0.15, -0.1) is 0 Å². The fourth-order valence-electron chi connectivity index (χ4n) is 7.99. The number of hydrogen-bond donors (Lipinski definition) is 6. The Hall–Kier alpha value is -6.35. The SMILES string of the molecule is CN(C)C[C@@H](NC(=O)N1Cc2c(N)n[nH]c2C1(C)C)c1ccccc1.CN(C)C[C@@H](NC(=O)N1Cc2c(Nc3ccnc(C(F)(F)F)n3)n[nH]c2C1(C)C)c1ccccc1.FC(F)(F)c1nccc(Cl)n1.S.S. The monoisotopic (exact) mass is 1080 g/mol. The molecular formula is C46H59ClF6N16O2S2. The van der Waals surface area contributed by atoms with Gasteiger partial charge in [-0.05, 0) is 79.1 Å². The molecule has 0 unspecified atom stereocenters. The van der Waals surface area contributed by atoms with Gasteiger partial charge in [0.25, 0.3) is 0 Å². The van der Waals surface area contributed by atoms with Crippen LogP contribution < -0.4 is 21.7 Å². The average molecular weight is 1080 g/mol. The molecule has 6 heterocycles. The lowest BCUT2D eigenvalue weighted by Gasteiger charge is -2.34. The van der Waals surface area contributed by atoms with Crippen molar-refractivity contribution < 1.29 is 35.9 Å². The number of nitrogens with one attached hydrogen (secondary N) is 5. The Kier molecular flexibility index (Phi) is 19.6. The molecule has 18 nitrogen and oxygen atoms in total. The van der Waals surface area contributed by atoms with Crippen LogP contribution in [0.1, 0.15) is 85.1 Å². The van der Waals surface area contributed by atoms with E-state index in [0.717, 1.165) is 41.3 Å². The molecule has 6 aromatic rings. The summed E-state index contributed by atoms with van der Waals surface area (Å²) < 4.78 is 74.3. The van der Waals surface area contributed by atoms with Crippen LogP contribution in [0, 0.1) is 0 Å². The third kappa shape index (κ3) is 14.5. The van der Waals surface area contributed by atoms with Gasteiger partial charge in [-0.1, -0.05) is 72.3 Å². The number of alkyl halides is 6. The summed E-state index contributed by atoms with van der Waals surface area (Å²) in [6.45, 7) is 9.77. The molecule has 27 heteroatoms. The number of aromatic amines is 2. The zero-order valence-corrected chi connectivity index (χ0v) is 43.8. The van der Waals surface area contributed by atoms with E-state index >= 15 is 0 Å². The number of benzene rings is 2. The second-order valence-corrected chi connectivity index (χ2v) is 18.5. The number of anilines is 3. The maximum Gasteiger partial charge on any atom is 0.451 e. The quantitative estimate of drug-likeness (QED) is 0.0563. The van der Waals surface area contributed by atoms with E-state index in [9.17, 15) is 35.9 Å². The number of carbonyl (C=O) groups excluding carboxylic acids is 2. The zero-order chi connectivity index (χ0) is 52.1. The molecule has 2 aliphatic rings. The number of hydrogen-bond acceptors (Lipinski definition) is 12. The molecule has 396 valence electrons. The van der Waals surface area contributed by atoms with Gasteiger partial charge in [-0.3, -0.25) is 10.2 Å². The van der Waals surface area contributed by atoms with E-state index in [-0.39, 0.29) is 68.7 Å². The predicted molar refractivity (Wildman–Crippen MR) is 274 cm³/mol. The molecule has 4 aromatic heterocycles. The van der Waals surface area contributed by atoms with E-state index in [1.165, 1.54) is 12.1 Å². The predicted octanol–water partition coefficient (Wildman–Crippen LogP) is 8.45. The highest BCUT2D eigenvalue weighted by Gasteiger charge is 2.46. The minimum absolute atomic E-state index is 0. The molecule has 4 amide bonds. The Morgan fingerprint density at radius 3 is 1.53 bits per heavy atom. The van der Waals surface area contributed by atoms with Gasteiger partial charge in [0.05, 0.1) is 47.6 Å². The number of nitrogens with zero attached hydrogens (tertiary/aromatic N) is 10. The summed E-state index contributed by atoms with van der Waals surface area (Å²) >= 11 is 5.20. The number of amides is 4. The van der Waals surface area contributed by atoms with Crippen LogP contribution >= 0.6 is 38.6 Å². The molecule has 8 rings (SSSR count). The number of H-pyrrole nitrogens is 2. The standard InChI is InChI=1S/C23H27F3N8O.C18H26N6O.C5H2ClF3N2.2H2S/c1-22(2)18-15(19(32-31-18)29-17-10-11-27-20(30-17)23(24,25)26)12-34(22)21(35)28-16(13-33(3)4)14-8-6-5-7-9-14;1-18(2)15-13(16(19)22-21-15)10-24(18)17(25)20-14(11-23(3)4)12-8-6-5-7-9-12;6-3-1-2-10-4(11-3)5(7,8)9;;/h5-11,16H,12-13H2,1-4H3,(H,28,35)(H2,27,29,30,31,32);5-9,14H,10-11H2,1-4H3,(H,20,25)(H3,19,21,22);1-2H;2*1H2/t16-;14-;;;/m11.../s1. The summed E-state index contributed by atoms with van der Waals surface area (Å²) in [5.41, 5.74) is 9.98. The molecule has 2 aromatic carbocycles. The Balaban J connectivity index is 0.000000264. The van der Waals surface area contributed by atoms with Crippen LogP contribution in [0.4, 0.5) is 53.4 Å². The second-order valence-electron chi connectivity index (χ2n) is 18.1. The molecule has 0 saturated heterocycles. The van der Waals surface area contributed by atoms with Crippen LogP contribution in [0.5, 0.6) is 0 Å². The van der Waals surface area contributed by atoms with Gasteiger partial charge >= 0.3 is 24.4 Å². The molecule has 73 heavy (non-hydrogen) atoms. The van der Waals surface area contributed by atoms with Crippen molar-refractivity contribution in [1.29, 1.82) is 0 Å². The Bertz CT molecular complexity index is 2760. The molecule has 0 aliphatic carbocycles. The average Bonchev–Trinajstić information content (AvgIpc) is 4.03. The van der Waals surface area contributed by atoms with Gasteiger partial charge in [0.15, 0.2) is 11.6 Å². The van der Waals surface area contributed by atoms with Crippen molar-refractivity contribution in [3.8, 4) is 0 Å². The fourth-order valence-corrected chi connectivity index (χ4v) is 8.13. The van der Waals surface area contributed by atoms with Crippen molar-refractivity contribution in [2.75, 3.05) is 52.3 Å².